The highest BCUT2D eigenvalue weighted by Gasteiger charge is 2.52. The molecule has 0 amide bonds. The van der Waals surface area contributed by atoms with Crippen molar-refractivity contribution in [3.63, 3.8) is 0 Å². The van der Waals surface area contributed by atoms with Crippen molar-refractivity contribution in [2.24, 2.45) is 0 Å². The molecule has 64 heavy (non-hydrogen) atoms. The minimum absolute atomic E-state index is 0.377. The van der Waals surface area contributed by atoms with Crippen LogP contribution in [0.25, 0.3) is 64.4 Å². The molecule has 2 heterocycles. The SMILES string of the molecule is C1=CCCC(n2c3ccccc3c3c4c(ccc32)sc2ccc(N(c3ccc(C5C=CC=CC5)cc3)c3ccc5c(c3)C3(C6=C(CCC=C6)c6ccccc63)c3ccccc3-5)cc24)=C1. The van der Waals surface area contributed by atoms with Gasteiger partial charge in [0.05, 0.1) is 16.4 Å². The van der Waals surface area contributed by atoms with Crippen molar-refractivity contribution in [3.8, 4) is 11.1 Å². The van der Waals surface area contributed by atoms with E-state index in [1.54, 1.807) is 0 Å². The molecule has 2 atom stereocenters. The third kappa shape index (κ3) is 5.02. The monoisotopic (exact) mass is 836 g/mol. The molecule has 14 rings (SSSR count). The molecule has 2 unspecified atom stereocenters. The van der Waals surface area contributed by atoms with E-state index < -0.39 is 0 Å². The number of hydrogen-bond acceptors (Lipinski definition) is 2. The standard InChI is InChI=1S/C61H44N2S/c1-3-15-39(16-4-1)40-27-29-42(30-28-40)62(44-31-33-48-47-21-9-13-25-53(47)61(54(48)38-44)51-23-11-7-19-45(51)46-20-8-12-24-52(46)61)43-32-35-57-50(37-43)60-58(64-57)36-34-56-59(60)49-22-10-14-26-55(49)63(56)41-17-5-2-6-18-41/h1-5,7,9-15,17,19,21-39H,6,8,16,18,20H2. The van der Waals surface area contributed by atoms with Crippen molar-refractivity contribution >= 4 is 81.6 Å². The maximum absolute atomic E-state index is 2.54. The van der Waals surface area contributed by atoms with E-state index in [9.17, 15) is 0 Å². The van der Waals surface area contributed by atoms with Crippen LogP contribution in [0.3, 0.4) is 0 Å². The topological polar surface area (TPSA) is 8.17 Å². The molecular weight excluding hydrogens is 793 g/mol. The number of nitrogens with zero attached hydrogens (tertiary/aromatic N) is 2. The number of thiophene rings is 1. The molecule has 7 aromatic carbocycles. The molecule has 1 spiro atoms. The second kappa shape index (κ2) is 13.9. The van der Waals surface area contributed by atoms with Gasteiger partial charge in [-0.1, -0.05) is 134 Å². The van der Waals surface area contributed by atoms with Crippen molar-refractivity contribution < 1.29 is 0 Å². The first-order chi connectivity index (χ1) is 31.8. The average molecular weight is 837 g/mol. The number of fused-ring (bicyclic) bond motifs is 16. The van der Waals surface area contributed by atoms with Gasteiger partial charge < -0.3 is 9.47 Å². The van der Waals surface area contributed by atoms with Gasteiger partial charge in [0.15, 0.2) is 0 Å². The normalized spacial score (nSPS) is 19.2. The fraction of sp³-hybridized carbons (Fsp3) is 0.115. The van der Waals surface area contributed by atoms with Crippen LogP contribution in [0.4, 0.5) is 17.1 Å². The number of allylic oxidation sites excluding steroid dienone is 12. The van der Waals surface area contributed by atoms with Crippen molar-refractivity contribution in [1.82, 2.24) is 4.57 Å². The van der Waals surface area contributed by atoms with E-state index in [1.807, 2.05) is 11.3 Å². The van der Waals surface area contributed by atoms with E-state index in [0.717, 1.165) is 43.5 Å². The summed E-state index contributed by atoms with van der Waals surface area (Å²) in [6.45, 7) is 0. The highest BCUT2D eigenvalue weighted by molar-refractivity contribution is 7.26. The molecule has 2 aromatic heterocycles. The Morgan fingerprint density at radius 3 is 2.16 bits per heavy atom. The summed E-state index contributed by atoms with van der Waals surface area (Å²) >= 11 is 1.91. The van der Waals surface area contributed by atoms with E-state index in [4.69, 9.17) is 0 Å². The summed E-state index contributed by atoms with van der Waals surface area (Å²) in [6, 6.07) is 56.1. The smallest absolute Gasteiger partial charge is 0.0722 e. The van der Waals surface area contributed by atoms with Crippen LogP contribution < -0.4 is 4.90 Å². The fourth-order valence-corrected chi connectivity index (χ4v) is 13.3. The molecule has 0 fully saturated rings. The third-order valence-electron chi connectivity index (χ3n) is 14.9. The lowest BCUT2D eigenvalue weighted by Crippen LogP contribution is -2.27. The maximum atomic E-state index is 2.54. The van der Waals surface area contributed by atoms with Crippen LogP contribution in [0.15, 0.2) is 206 Å². The van der Waals surface area contributed by atoms with E-state index >= 15 is 0 Å². The second-order valence-electron chi connectivity index (χ2n) is 18.1. The lowest BCUT2D eigenvalue weighted by Gasteiger charge is -2.33. The quantitative estimate of drug-likeness (QED) is 0.168. The van der Waals surface area contributed by atoms with Gasteiger partial charge in [0.1, 0.15) is 0 Å². The number of para-hydroxylation sites is 1. The zero-order valence-corrected chi connectivity index (χ0v) is 36.3. The molecule has 0 saturated heterocycles. The molecule has 304 valence electrons. The van der Waals surface area contributed by atoms with E-state index in [-0.39, 0.29) is 5.41 Å². The predicted octanol–water partition coefficient (Wildman–Crippen LogP) is 16.9. The van der Waals surface area contributed by atoms with Gasteiger partial charge in [0.25, 0.3) is 0 Å². The van der Waals surface area contributed by atoms with Gasteiger partial charge in [-0.25, -0.2) is 0 Å². The lowest BCUT2D eigenvalue weighted by molar-refractivity contribution is 0.780. The molecule has 5 aliphatic carbocycles. The minimum Gasteiger partial charge on any atom is -0.313 e. The number of anilines is 3. The van der Waals surface area contributed by atoms with Crippen LogP contribution in [0.5, 0.6) is 0 Å². The number of hydrogen-bond donors (Lipinski definition) is 0. The summed E-state index contributed by atoms with van der Waals surface area (Å²) in [5.74, 6) is 0.387. The summed E-state index contributed by atoms with van der Waals surface area (Å²) in [5.41, 5.74) is 19.6. The fourth-order valence-electron chi connectivity index (χ4n) is 12.2. The molecule has 0 aliphatic heterocycles. The highest BCUT2D eigenvalue weighted by atomic mass is 32.1. The Labute approximate surface area is 377 Å². The number of benzene rings is 7. The lowest BCUT2D eigenvalue weighted by atomic mass is 9.69. The Balaban J connectivity index is 1.01. The first kappa shape index (κ1) is 36.3. The van der Waals surface area contributed by atoms with Crippen LogP contribution >= 0.6 is 11.3 Å². The third-order valence-corrected chi connectivity index (χ3v) is 16.0. The predicted molar refractivity (Wildman–Crippen MR) is 272 cm³/mol. The highest BCUT2D eigenvalue weighted by Crippen LogP contribution is 2.64. The van der Waals surface area contributed by atoms with E-state index in [2.05, 4.69) is 210 Å². The Morgan fingerprint density at radius 1 is 0.547 bits per heavy atom. The largest absolute Gasteiger partial charge is 0.313 e. The molecule has 0 saturated carbocycles. The van der Waals surface area contributed by atoms with Gasteiger partial charge in [-0.2, -0.15) is 0 Å². The summed E-state index contributed by atoms with van der Waals surface area (Å²) in [4.78, 5) is 2.52. The van der Waals surface area contributed by atoms with Crippen LogP contribution in [0.2, 0.25) is 0 Å². The van der Waals surface area contributed by atoms with Crippen LogP contribution in [0.1, 0.15) is 65.8 Å². The zero-order valence-electron chi connectivity index (χ0n) is 35.5. The van der Waals surface area contributed by atoms with E-state index in [1.165, 1.54) is 103 Å². The molecule has 0 N–H and O–H groups in total. The van der Waals surface area contributed by atoms with Gasteiger partial charge in [0.2, 0.25) is 0 Å². The van der Waals surface area contributed by atoms with Gasteiger partial charge in [-0.15, -0.1) is 11.3 Å². The molecular formula is C61H44N2S. The number of aromatic nitrogens is 1. The van der Waals surface area contributed by atoms with Crippen molar-refractivity contribution in [2.75, 3.05) is 4.90 Å². The number of rotatable bonds is 5. The summed E-state index contributed by atoms with van der Waals surface area (Å²) in [7, 11) is 0. The van der Waals surface area contributed by atoms with E-state index in [0.29, 0.717) is 5.92 Å². The van der Waals surface area contributed by atoms with Crippen LogP contribution in [0, 0.1) is 0 Å². The molecule has 2 nitrogen and oxygen atoms in total. The van der Waals surface area contributed by atoms with Crippen LogP contribution in [-0.4, -0.2) is 4.57 Å². The Morgan fingerprint density at radius 2 is 1.30 bits per heavy atom. The summed E-state index contributed by atoms with van der Waals surface area (Å²) in [6.07, 6.45) is 25.9. The van der Waals surface area contributed by atoms with Gasteiger partial charge in [-0.05, 0) is 149 Å². The second-order valence-corrected chi connectivity index (χ2v) is 19.2. The van der Waals surface area contributed by atoms with Crippen LogP contribution in [-0.2, 0) is 5.41 Å². The van der Waals surface area contributed by atoms with Crippen molar-refractivity contribution in [2.45, 2.75) is 43.4 Å². The molecule has 3 heteroatoms. The summed E-state index contributed by atoms with van der Waals surface area (Å²) < 4.78 is 5.16. The van der Waals surface area contributed by atoms with Crippen molar-refractivity contribution in [3.05, 3.63) is 234 Å². The van der Waals surface area contributed by atoms with Gasteiger partial charge in [0, 0.05) is 59.6 Å². The molecule has 0 radical (unpaired) electrons. The minimum atomic E-state index is -0.377. The maximum Gasteiger partial charge on any atom is 0.0722 e. The summed E-state index contributed by atoms with van der Waals surface area (Å²) in [5, 5.41) is 5.32. The molecule has 5 aliphatic rings. The zero-order chi connectivity index (χ0) is 41.9. The Bertz CT molecular complexity index is 3650. The molecule has 0 bridgehead atoms. The average Bonchev–Trinajstić information content (AvgIpc) is 4.08. The molecule has 9 aromatic rings. The van der Waals surface area contributed by atoms with Gasteiger partial charge in [-0.3, -0.25) is 0 Å². The van der Waals surface area contributed by atoms with Crippen molar-refractivity contribution in [1.29, 1.82) is 0 Å². The Hall–Kier alpha value is -7.20. The first-order valence-corrected chi connectivity index (χ1v) is 23.8. The first-order valence-electron chi connectivity index (χ1n) is 23.0. The van der Waals surface area contributed by atoms with Gasteiger partial charge >= 0.3 is 0 Å². The Kier molecular flexibility index (Phi) is 7.88.